The van der Waals surface area contributed by atoms with Crippen molar-refractivity contribution < 1.29 is 9.47 Å². The molecule has 0 radical (unpaired) electrons. The van der Waals surface area contributed by atoms with Crippen molar-refractivity contribution in [3.05, 3.63) is 12.2 Å². The van der Waals surface area contributed by atoms with E-state index in [2.05, 4.69) is 12.2 Å². The van der Waals surface area contributed by atoms with Gasteiger partial charge in [0.15, 0.2) is 0 Å². The lowest BCUT2D eigenvalue weighted by Crippen LogP contribution is -2.42. The molecule has 4 aliphatic carbocycles. The van der Waals surface area contributed by atoms with Gasteiger partial charge in [0.25, 0.3) is 0 Å². The summed E-state index contributed by atoms with van der Waals surface area (Å²) in [6.07, 6.45) is 8.28. The maximum absolute atomic E-state index is 5.82. The van der Waals surface area contributed by atoms with Crippen LogP contribution in [0.3, 0.4) is 0 Å². The summed E-state index contributed by atoms with van der Waals surface area (Å²) >= 11 is 0. The number of hydrogen-bond acceptors (Lipinski definition) is 2. The molecule has 0 aromatic heterocycles. The molecule has 0 aromatic rings. The second kappa shape index (κ2) is 3.58. The minimum Gasteiger partial charge on any atom is -0.384 e. The summed E-state index contributed by atoms with van der Waals surface area (Å²) < 4.78 is 11.3. The molecule has 17 heavy (non-hydrogen) atoms. The summed E-state index contributed by atoms with van der Waals surface area (Å²) in [7, 11) is 3.73. The predicted octanol–water partition coefficient (Wildman–Crippen LogP) is 2.35. The molecule has 0 aliphatic heterocycles. The maximum Gasteiger partial charge on any atom is 0.0655 e. The monoisotopic (exact) mass is 234 g/mol. The Bertz CT molecular complexity index is 351. The Morgan fingerprint density at radius 2 is 1.71 bits per heavy atom. The van der Waals surface area contributed by atoms with Crippen molar-refractivity contribution in [2.75, 3.05) is 20.8 Å². The number of fused-ring (bicyclic) bond motifs is 9. The third-order valence-electron chi connectivity index (χ3n) is 6.14. The van der Waals surface area contributed by atoms with E-state index >= 15 is 0 Å². The molecule has 3 saturated carbocycles. The summed E-state index contributed by atoms with van der Waals surface area (Å²) in [5, 5.41) is 0. The predicted molar refractivity (Wildman–Crippen MR) is 65.5 cm³/mol. The van der Waals surface area contributed by atoms with E-state index in [0.717, 1.165) is 42.1 Å². The second-order valence-electron chi connectivity index (χ2n) is 6.49. The van der Waals surface area contributed by atoms with E-state index in [0.29, 0.717) is 12.0 Å². The van der Waals surface area contributed by atoms with Gasteiger partial charge in [0.1, 0.15) is 0 Å². The van der Waals surface area contributed by atoms with Crippen LogP contribution in [0.25, 0.3) is 0 Å². The minimum absolute atomic E-state index is 0.467. The van der Waals surface area contributed by atoms with Gasteiger partial charge in [-0.25, -0.2) is 0 Å². The first-order valence-corrected chi connectivity index (χ1v) is 7.05. The molecule has 94 valence electrons. The molecule has 0 aromatic carbocycles. The summed E-state index contributed by atoms with van der Waals surface area (Å²) in [5.74, 6) is 6.00. The van der Waals surface area contributed by atoms with Crippen LogP contribution in [0.4, 0.5) is 0 Å². The molecular formula is C15H22O2. The Balaban J connectivity index is 1.66. The van der Waals surface area contributed by atoms with Gasteiger partial charge in [-0.05, 0) is 48.3 Å². The lowest BCUT2D eigenvalue weighted by atomic mass is 9.68. The van der Waals surface area contributed by atoms with E-state index in [1.54, 1.807) is 0 Å². The van der Waals surface area contributed by atoms with Gasteiger partial charge in [-0.3, -0.25) is 0 Å². The fourth-order valence-electron chi connectivity index (χ4n) is 5.87. The Morgan fingerprint density at radius 3 is 2.35 bits per heavy atom. The molecule has 0 amide bonds. The molecule has 4 bridgehead atoms. The van der Waals surface area contributed by atoms with Crippen LogP contribution in [-0.2, 0) is 9.47 Å². The van der Waals surface area contributed by atoms with Crippen LogP contribution in [0.1, 0.15) is 12.8 Å². The lowest BCUT2D eigenvalue weighted by Gasteiger charge is -2.41. The SMILES string of the molecule is COCC1C2CC(C1OC)C1C3C=CC(C3)C21. The molecular weight excluding hydrogens is 212 g/mol. The fraction of sp³-hybridized carbons (Fsp3) is 0.867. The van der Waals surface area contributed by atoms with Gasteiger partial charge in [0.05, 0.1) is 12.7 Å². The van der Waals surface area contributed by atoms with Crippen molar-refractivity contribution in [1.82, 2.24) is 0 Å². The van der Waals surface area contributed by atoms with Crippen LogP contribution in [0.15, 0.2) is 12.2 Å². The van der Waals surface area contributed by atoms with Crippen molar-refractivity contribution in [2.24, 2.45) is 41.4 Å². The van der Waals surface area contributed by atoms with E-state index in [-0.39, 0.29) is 0 Å². The molecule has 0 heterocycles. The number of rotatable bonds is 3. The van der Waals surface area contributed by atoms with E-state index in [1.807, 2.05) is 14.2 Å². The largest absolute Gasteiger partial charge is 0.384 e. The first-order chi connectivity index (χ1) is 8.35. The Labute approximate surface area is 103 Å². The quantitative estimate of drug-likeness (QED) is 0.551. The van der Waals surface area contributed by atoms with Crippen molar-refractivity contribution in [3.8, 4) is 0 Å². The third kappa shape index (κ3) is 1.18. The maximum atomic E-state index is 5.82. The zero-order valence-electron chi connectivity index (χ0n) is 10.7. The third-order valence-corrected chi connectivity index (χ3v) is 6.14. The highest BCUT2D eigenvalue weighted by Gasteiger charge is 2.64. The van der Waals surface area contributed by atoms with Gasteiger partial charge in [0.2, 0.25) is 0 Å². The molecule has 4 rings (SSSR count). The van der Waals surface area contributed by atoms with Gasteiger partial charge in [0, 0.05) is 20.1 Å². The normalized spacial score (nSPS) is 58.0. The van der Waals surface area contributed by atoms with Gasteiger partial charge in [-0.15, -0.1) is 0 Å². The van der Waals surface area contributed by atoms with Crippen LogP contribution in [-0.4, -0.2) is 26.9 Å². The summed E-state index contributed by atoms with van der Waals surface area (Å²) in [4.78, 5) is 0. The van der Waals surface area contributed by atoms with Crippen molar-refractivity contribution >= 4 is 0 Å². The van der Waals surface area contributed by atoms with E-state index < -0.39 is 0 Å². The van der Waals surface area contributed by atoms with E-state index in [9.17, 15) is 0 Å². The molecule has 3 fully saturated rings. The smallest absolute Gasteiger partial charge is 0.0655 e. The molecule has 0 saturated heterocycles. The average molecular weight is 234 g/mol. The zero-order valence-corrected chi connectivity index (χ0v) is 10.7. The topological polar surface area (TPSA) is 18.5 Å². The Kier molecular flexibility index (Phi) is 2.23. The van der Waals surface area contributed by atoms with Crippen molar-refractivity contribution in [3.63, 3.8) is 0 Å². The number of hydrogen-bond donors (Lipinski definition) is 0. The van der Waals surface area contributed by atoms with Crippen LogP contribution in [0.2, 0.25) is 0 Å². The number of methoxy groups -OCH3 is 2. The summed E-state index contributed by atoms with van der Waals surface area (Å²) in [6.45, 7) is 0.893. The molecule has 8 unspecified atom stereocenters. The molecule has 0 N–H and O–H groups in total. The van der Waals surface area contributed by atoms with Crippen molar-refractivity contribution in [1.29, 1.82) is 0 Å². The van der Waals surface area contributed by atoms with Crippen LogP contribution < -0.4 is 0 Å². The zero-order chi connectivity index (χ0) is 11.6. The van der Waals surface area contributed by atoms with E-state index in [1.165, 1.54) is 12.8 Å². The Hall–Kier alpha value is -0.340. The second-order valence-corrected chi connectivity index (χ2v) is 6.49. The van der Waals surface area contributed by atoms with Gasteiger partial charge in [-0.1, -0.05) is 12.2 Å². The summed E-state index contributed by atoms with van der Waals surface area (Å²) in [6, 6.07) is 0. The minimum atomic E-state index is 0.467. The number of allylic oxidation sites excluding steroid dienone is 2. The van der Waals surface area contributed by atoms with Crippen molar-refractivity contribution in [2.45, 2.75) is 18.9 Å². The molecule has 2 nitrogen and oxygen atoms in total. The van der Waals surface area contributed by atoms with E-state index in [4.69, 9.17) is 9.47 Å². The van der Waals surface area contributed by atoms with Crippen LogP contribution in [0, 0.1) is 41.4 Å². The summed E-state index contributed by atoms with van der Waals surface area (Å²) in [5.41, 5.74) is 0. The fourth-order valence-corrected chi connectivity index (χ4v) is 5.87. The van der Waals surface area contributed by atoms with Crippen LogP contribution >= 0.6 is 0 Å². The lowest BCUT2D eigenvalue weighted by molar-refractivity contribution is -0.0550. The highest BCUT2D eigenvalue weighted by atomic mass is 16.5. The first-order valence-electron chi connectivity index (χ1n) is 7.05. The van der Waals surface area contributed by atoms with Crippen LogP contribution in [0.5, 0.6) is 0 Å². The van der Waals surface area contributed by atoms with Gasteiger partial charge in [-0.2, -0.15) is 0 Å². The molecule has 4 aliphatic rings. The standard InChI is InChI=1S/C15H22O2/c1-16-7-12-10-6-11(15(12)17-2)14-9-4-3-8(5-9)13(10)14/h3-4,8-15H,5-7H2,1-2H3. The van der Waals surface area contributed by atoms with Gasteiger partial charge < -0.3 is 9.47 Å². The number of ether oxygens (including phenoxy) is 2. The average Bonchev–Trinajstić information content (AvgIpc) is 3.06. The Morgan fingerprint density at radius 1 is 1.00 bits per heavy atom. The molecule has 2 heteroatoms. The highest BCUT2D eigenvalue weighted by Crippen LogP contribution is 2.67. The first kappa shape index (κ1) is 10.6. The molecule has 8 atom stereocenters. The highest BCUT2D eigenvalue weighted by molar-refractivity contribution is 5.22. The molecule has 0 spiro atoms. The van der Waals surface area contributed by atoms with Gasteiger partial charge >= 0.3 is 0 Å².